The lowest BCUT2D eigenvalue weighted by atomic mass is 9.98. The van der Waals surface area contributed by atoms with Crippen LogP contribution in [0.15, 0.2) is 60.7 Å². The van der Waals surface area contributed by atoms with Gasteiger partial charge in [-0.1, -0.05) is 60.7 Å². The first kappa shape index (κ1) is 15.3. The molecule has 0 fully saturated rings. The van der Waals surface area contributed by atoms with E-state index >= 15 is 0 Å². The number of carbonyl (C=O) groups excluding carboxylic acids is 1. The van der Waals surface area contributed by atoms with Gasteiger partial charge in [-0.05, 0) is 24.1 Å². The Morgan fingerprint density at radius 1 is 1.00 bits per heavy atom. The highest BCUT2D eigenvalue weighted by Gasteiger charge is 2.12. The molecule has 0 aliphatic carbocycles. The molecule has 2 rings (SSSR count). The number of hydrogen-bond donors (Lipinski definition) is 1. The highest BCUT2D eigenvalue weighted by Crippen LogP contribution is 2.21. The Labute approximate surface area is 126 Å². The zero-order valence-electron chi connectivity index (χ0n) is 12.3. The maximum atomic E-state index is 11.1. The van der Waals surface area contributed by atoms with Gasteiger partial charge in [0.1, 0.15) is 0 Å². The summed E-state index contributed by atoms with van der Waals surface area (Å²) in [7, 11) is 1.42. The predicted molar refractivity (Wildman–Crippen MR) is 84.0 cm³/mol. The molecule has 3 nitrogen and oxygen atoms in total. The number of methoxy groups -OCH3 is 1. The molecule has 0 aliphatic heterocycles. The molecule has 3 heteroatoms. The van der Waals surface area contributed by atoms with Crippen molar-refractivity contribution >= 4 is 5.97 Å². The number of esters is 1. The first-order chi connectivity index (χ1) is 10.3. The van der Waals surface area contributed by atoms with Gasteiger partial charge < -0.3 is 10.1 Å². The summed E-state index contributed by atoms with van der Waals surface area (Å²) >= 11 is 0. The van der Waals surface area contributed by atoms with Crippen LogP contribution in [0.25, 0.3) is 0 Å². The molecule has 0 unspecified atom stereocenters. The van der Waals surface area contributed by atoms with E-state index in [0.29, 0.717) is 6.42 Å². The molecule has 0 heterocycles. The van der Waals surface area contributed by atoms with Crippen LogP contribution < -0.4 is 5.32 Å². The van der Waals surface area contributed by atoms with Crippen LogP contribution in [0.2, 0.25) is 0 Å². The molecule has 0 spiro atoms. The smallest absolute Gasteiger partial charge is 0.305 e. The quantitative estimate of drug-likeness (QED) is 0.626. The van der Waals surface area contributed by atoms with E-state index in [-0.39, 0.29) is 12.0 Å². The Kier molecular flexibility index (Phi) is 5.98. The average Bonchev–Trinajstić information content (AvgIpc) is 2.56. The lowest BCUT2D eigenvalue weighted by Crippen LogP contribution is -2.24. The minimum Gasteiger partial charge on any atom is -0.469 e. The molecule has 0 saturated carbocycles. The third-order valence-corrected chi connectivity index (χ3v) is 3.40. The molecular weight excluding hydrogens is 262 g/mol. The zero-order valence-corrected chi connectivity index (χ0v) is 12.3. The van der Waals surface area contributed by atoms with Gasteiger partial charge in [-0.15, -0.1) is 0 Å². The molecule has 21 heavy (non-hydrogen) atoms. The highest BCUT2D eigenvalue weighted by atomic mass is 16.5. The molecule has 110 valence electrons. The summed E-state index contributed by atoms with van der Waals surface area (Å²) in [4.78, 5) is 11.1. The first-order valence-electron chi connectivity index (χ1n) is 7.21. The van der Waals surface area contributed by atoms with Gasteiger partial charge in [0.2, 0.25) is 0 Å². The van der Waals surface area contributed by atoms with Gasteiger partial charge in [0.15, 0.2) is 0 Å². The second-order valence-corrected chi connectivity index (χ2v) is 4.89. The standard InChI is InChI=1S/C18H21NO2/c1-21-17(20)13-8-14-19-18(15-9-4-2-5-10-15)16-11-6-3-7-12-16/h2-7,9-12,18-19H,8,13-14H2,1H3. The van der Waals surface area contributed by atoms with Crippen LogP contribution in [0.3, 0.4) is 0 Å². The SMILES string of the molecule is COC(=O)CCCNC(c1ccccc1)c1ccccc1. The Bertz CT molecular complexity index is 500. The Morgan fingerprint density at radius 2 is 1.52 bits per heavy atom. The third kappa shape index (κ3) is 4.72. The van der Waals surface area contributed by atoms with Gasteiger partial charge >= 0.3 is 5.97 Å². The van der Waals surface area contributed by atoms with E-state index in [9.17, 15) is 4.79 Å². The number of ether oxygens (including phenoxy) is 1. The molecule has 0 atom stereocenters. The van der Waals surface area contributed by atoms with Crippen LogP contribution in [0.5, 0.6) is 0 Å². The van der Waals surface area contributed by atoms with Crippen LogP contribution in [-0.2, 0) is 9.53 Å². The zero-order chi connectivity index (χ0) is 14.9. The molecule has 2 aromatic rings. The number of hydrogen-bond acceptors (Lipinski definition) is 3. The summed E-state index contributed by atoms with van der Waals surface area (Å²) in [5, 5.41) is 3.52. The average molecular weight is 283 g/mol. The van der Waals surface area contributed by atoms with Gasteiger partial charge in [-0.3, -0.25) is 4.79 Å². The number of nitrogens with one attached hydrogen (secondary N) is 1. The van der Waals surface area contributed by atoms with Crippen molar-refractivity contribution in [1.82, 2.24) is 5.32 Å². The molecular formula is C18H21NO2. The minimum absolute atomic E-state index is 0.144. The van der Waals surface area contributed by atoms with Crippen molar-refractivity contribution in [3.05, 3.63) is 71.8 Å². The second-order valence-electron chi connectivity index (χ2n) is 4.89. The maximum Gasteiger partial charge on any atom is 0.305 e. The monoisotopic (exact) mass is 283 g/mol. The van der Waals surface area contributed by atoms with Crippen molar-refractivity contribution in [3.63, 3.8) is 0 Å². The first-order valence-corrected chi connectivity index (χ1v) is 7.21. The van der Waals surface area contributed by atoms with Gasteiger partial charge in [-0.2, -0.15) is 0 Å². The second kappa shape index (κ2) is 8.22. The van der Waals surface area contributed by atoms with Crippen LogP contribution in [0.4, 0.5) is 0 Å². The largest absolute Gasteiger partial charge is 0.469 e. The summed E-state index contributed by atoms with van der Waals surface area (Å²) in [5.41, 5.74) is 2.45. The van der Waals surface area contributed by atoms with E-state index in [2.05, 4.69) is 34.3 Å². The summed E-state index contributed by atoms with van der Waals surface area (Å²) in [5.74, 6) is -0.159. The van der Waals surface area contributed by atoms with E-state index in [1.807, 2.05) is 36.4 Å². The van der Waals surface area contributed by atoms with Crippen LogP contribution >= 0.6 is 0 Å². The van der Waals surface area contributed by atoms with E-state index in [0.717, 1.165) is 13.0 Å². The Hall–Kier alpha value is -2.13. The topological polar surface area (TPSA) is 38.3 Å². The Balaban J connectivity index is 2.02. The van der Waals surface area contributed by atoms with Gasteiger partial charge in [0.25, 0.3) is 0 Å². The van der Waals surface area contributed by atoms with Crippen molar-refractivity contribution < 1.29 is 9.53 Å². The van der Waals surface area contributed by atoms with Gasteiger partial charge in [0.05, 0.1) is 13.2 Å². The van der Waals surface area contributed by atoms with E-state index in [4.69, 9.17) is 0 Å². The van der Waals surface area contributed by atoms with Crippen molar-refractivity contribution in [3.8, 4) is 0 Å². The fraction of sp³-hybridized carbons (Fsp3) is 0.278. The molecule has 0 amide bonds. The van der Waals surface area contributed by atoms with Crippen molar-refractivity contribution in [2.75, 3.05) is 13.7 Å². The summed E-state index contributed by atoms with van der Waals surface area (Å²) in [6.07, 6.45) is 1.21. The molecule has 0 radical (unpaired) electrons. The molecule has 2 aromatic carbocycles. The van der Waals surface area contributed by atoms with Gasteiger partial charge in [0, 0.05) is 6.42 Å². The number of rotatable bonds is 7. The molecule has 1 N–H and O–H groups in total. The van der Waals surface area contributed by atoms with Crippen molar-refractivity contribution in [2.24, 2.45) is 0 Å². The predicted octanol–water partition coefficient (Wildman–Crippen LogP) is 3.32. The summed E-state index contributed by atoms with van der Waals surface area (Å²) in [6, 6.07) is 20.8. The lowest BCUT2D eigenvalue weighted by Gasteiger charge is -2.19. The van der Waals surface area contributed by atoms with Crippen LogP contribution in [0.1, 0.15) is 30.0 Å². The maximum absolute atomic E-state index is 11.1. The van der Waals surface area contributed by atoms with Crippen LogP contribution in [0, 0.1) is 0 Å². The van der Waals surface area contributed by atoms with Crippen LogP contribution in [-0.4, -0.2) is 19.6 Å². The lowest BCUT2D eigenvalue weighted by molar-refractivity contribution is -0.140. The molecule has 0 bridgehead atoms. The third-order valence-electron chi connectivity index (χ3n) is 3.40. The fourth-order valence-corrected chi connectivity index (χ4v) is 2.30. The Morgan fingerprint density at radius 3 is 2.00 bits per heavy atom. The summed E-state index contributed by atoms with van der Waals surface area (Å²) in [6.45, 7) is 0.767. The minimum atomic E-state index is -0.159. The summed E-state index contributed by atoms with van der Waals surface area (Å²) < 4.78 is 4.66. The van der Waals surface area contributed by atoms with E-state index in [1.165, 1.54) is 18.2 Å². The van der Waals surface area contributed by atoms with E-state index in [1.54, 1.807) is 0 Å². The van der Waals surface area contributed by atoms with Gasteiger partial charge in [-0.25, -0.2) is 0 Å². The highest BCUT2D eigenvalue weighted by molar-refractivity contribution is 5.69. The molecule has 0 aromatic heterocycles. The molecule has 0 saturated heterocycles. The fourth-order valence-electron chi connectivity index (χ4n) is 2.30. The van der Waals surface area contributed by atoms with Crippen molar-refractivity contribution in [1.29, 1.82) is 0 Å². The molecule has 0 aliphatic rings. The normalized spacial score (nSPS) is 10.6. The van der Waals surface area contributed by atoms with E-state index < -0.39 is 0 Å². The number of benzene rings is 2. The van der Waals surface area contributed by atoms with Crippen molar-refractivity contribution in [2.45, 2.75) is 18.9 Å². The number of carbonyl (C=O) groups is 1.